The van der Waals surface area contributed by atoms with Gasteiger partial charge in [-0.15, -0.1) is 0 Å². The minimum absolute atomic E-state index is 0.273. The molecule has 1 heterocycles. The molecule has 96 valence electrons. The number of anilines is 1. The highest BCUT2D eigenvalue weighted by molar-refractivity contribution is 5.85. The highest BCUT2D eigenvalue weighted by Gasteiger charge is 2.22. The summed E-state index contributed by atoms with van der Waals surface area (Å²) in [7, 11) is 1.88. The highest BCUT2D eigenvalue weighted by atomic mass is 16.4. The Morgan fingerprint density at radius 2 is 2.35 bits per heavy atom. The van der Waals surface area contributed by atoms with Gasteiger partial charge in [-0.25, -0.2) is 0 Å². The summed E-state index contributed by atoms with van der Waals surface area (Å²) in [5.74, 6) is 1.14. The van der Waals surface area contributed by atoms with Crippen LogP contribution in [-0.4, -0.2) is 27.4 Å². The number of amidine groups is 1. The molecule has 6 nitrogen and oxygen atoms in total. The molecule has 1 aromatic heterocycles. The fourth-order valence-electron chi connectivity index (χ4n) is 1.52. The Bertz CT molecular complexity index is 383. The first-order valence-corrected chi connectivity index (χ1v) is 5.67. The van der Waals surface area contributed by atoms with Crippen molar-refractivity contribution in [3.63, 3.8) is 0 Å². The van der Waals surface area contributed by atoms with Crippen molar-refractivity contribution in [1.29, 1.82) is 0 Å². The molecular weight excluding hydrogens is 218 g/mol. The quantitative estimate of drug-likeness (QED) is 0.230. The highest BCUT2D eigenvalue weighted by Crippen LogP contribution is 2.22. The van der Waals surface area contributed by atoms with Crippen LogP contribution in [0.5, 0.6) is 0 Å². The van der Waals surface area contributed by atoms with Gasteiger partial charge in [0.15, 0.2) is 0 Å². The fraction of sp³-hybridized carbons (Fsp3) is 0.636. The monoisotopic (exact) mass is 239 g/mol. The summed E-state index contributed by atoms with van der Waals surface area (Å²) in [5, 5.41) is 19.1. The molecule has 0 aromatic carbocycles. The van der Waals surface area contributed by atoms with E-state index in [2.05, 4.69) is 15.6 Å². The van der Waals surface area contributed by atoms with Gasteiger partial charge in [-0.3, -0.25) is 4.68 Å². The number of nitrogens with two attached hydrogens (primary N) is 1. The topological polar surface area (TPSA) is 88.5 Å². The van der Waals surface area contributed by atoms with Crippen LogP contribution >= 0.6 is 0 Å². The van der Waals surface area contributed by atoms with Crippen LogP contribution in [0.4, 0.5) is 5.82 Å². The maximum Gasteiger partial charge on any atom is 0.147 e. The summed E-state index contributed by atoms with van der Waals surface area (Å²) in [5.41, 5.74) is 5.33. The number of hydrogen-bond acceptors (Lipinski definition) is 4. The SMILES string of the molecule is Cn1ccc(NCCCC(C)(C)C(N)=NO)n1. The van der Waals surface area contributed by atoms with E-state index in [-0.39, 0.29) is 11.3 Å². The van der Waals surface area contributed by atoms with Crippen LogP contribution in [0.1, 0.15) is 26.7 Å². The van der Waals surface area contributed by atoms with E-state index >= 15 is 0 Å². The van der Waals surface area contributed by atoms with Crippen LogP contribution in [0, 0.1) is 5.41 Å². The maximum absolute atomic E-state index is 8.64. The molecule has 0 atom stereocenters. The van der Waals surface area contributed by atoms with Gasteiger partial charge in [0.05, 0.1) is 0 Å². The van der Waals surface area contributed by atoms with Crippen molar-refractivity contribution in [2.45, 2.75) is 26.7 Å². The van der Waals surface area contributed by atoms with Crippen molar-refractivity contribution >= 4 is 11.7 Å². The molecule has 1 aromatic rings. The number of aromatic nitrogens is 2. The second kappa shape index (κ2) is 5.56. The lowest BCUT2D eigenvalue weighted by Gasteiger charge is -2.22. The third kappa shape index (κ3) is 3.97. The summed E-state index contributed by atoms with van der Waals surface area (Å²) < 4.78 is 1.75. The van der Waals surface area contributed by atoms with E-state index in [4.69, 9.17) is 10.9 Å². The van der Waals surface area contributed by atoms with Crippen LogP contribution in [0.15, 0.2) is 17.4 Å². The average molecular weight is 239 g/mol. The van der Waals surface area contributed by atoms with E-state index in [1.807, 2.05) is 33.2 Å². The molecule has 0 aliphatic heterocycles. The van der Waals surface area contributed by atoms with Gasteiger partial charge in [-0.2, -0.15) is 5.10 Å². The molecule has 6 heteroatoms. The first kappa shape index (κ1) is 13.3. The molecule has 0 aliphatic carbocycles. The van der Waals surface area contributed by atoms with Gasteiger partial charge in [0.1, 0.15) is 11.7 Å². The molecule has 0 fully saturated rings. The lowest BCUT2D eigenvalue weighted by molar-refractivity contribution is 0.305. The second-order valence-electron chi connectivity index (χ2n) is 4.77. The smallest absolute Gasteiger partial charge is 0.147 e. The van der Waals surface area contributed by atoms with Gasteiger partial charge in [-0.05, 0) is 12.8 Å². The predicted octanol–water partition coefficient (Wildman–Crippen LogP) is 1.38. The fourth-order valence-corrected chi connectivity index (χ4v) is 1.52. The minimum atomic E-state index is -0.277. The molecule has 17 heavy (non-hydrogen) atoms. The van der Waals surface area contributed by atoms with E-state index in [1.165, 1.54) is 0 Å². The predicted molar refractivity (Wildman–Crippen MR) is 68.1 cm³/mol. The molecule has 0 saturated carbocycles. The molecule has 0 spiro atoms. The van der Waals surface area contributed by atoms with Gasteiger partial charge >= 0.3 is 0 Å². The van der Waals surface area contributed by atoms with Gasteiger partial charge < -0.3 is 16.3 Å². The summed E-state index contributed by atoms with van der Waals surface area (Å²) in [4.78, 5) is 0. The summed E-state index contributed by atoms with van der Waals surface area (Å²) in [6.07, 6.45) is 3.67. The Hall–Kier alpha value is -1.72. The van der Waals surface area contributed by atoms with Crippen LogP contribution in [0.3, 0.4) is 0 Å². The van der Waals surface area contributed by atoms with Crippen LogP contribution in [0.2, 0.25) is 0 Å². The molecule has 1 rings (SSSR count). The number of rotatable bonds is 6. The zero-order valence-electron chi connectivity index (χ0n) is 10.6. The zero-order valence-corrected chi connectivity index (χ0v) is 10.6. The van der Waals surface area contributed by atoms with Gasteiger partial charge in [0, 0.05) is 31.3 Å². The molecule has 0 aliphatic rings. The second-order valence-corrected chi connectivity index (χ2v) is 4.77. The Morgan fingerprint density at radius 1 is 1.65 bits per heavy atom. The number of nitrogens with zero attached hydrogens (tertiary/aromatic N) is 3. The van der Waals surface area contributed by atoms with E-state index in [9.17, 15) is 0 Å². The Labute approximate surface area is 101 Å². The van der Waals surface area contributed by atoms with Gasteiger partial charge in [-0.1, -0.05) is 19.0 Å². The maximum atomic E-state index is 8.64. The van der Waals surface area contributed by atoms with E-state index < -0.39 is 0 Å². The summed E-state index contributed by atoms with van der Waals surface area (Å²) >= 11 is 0. The average Bonchev–Trinajstić information content (AvgIpc) is 2.69. The minimum Gasteiger partial charge on any atom is -0.409 e. The first-order valence-electron chi connectivity index (χ1n) is 5.67. The van der Waals surface area contributed by atoms with E-state index in [1.54, 1.807) is 4.68 Å². The van der Waals surface area contributed by atoms with E-state index in [0.717, 1.165) is 25.2 Å². The third-order valence-electron chi connectivity index (χ3n) is 2.80. The third-order valence-corrected chi connectivity index (χ3v) is 2.80. The first-order chi connectivity index (χ1) is 7.95. The van der Waals surface area contributed by atoms with Crippen LogP contribution < -0.4 is 11.1 Å². The lowest BCUT2D eigenvalue weighted by atomic mass is 9.86. The number of nitrogens with one attached hydrogen (secondary N) is 1. The molecule has 4 N–H and O–H groups in total. The molecule has 0 bridgehead atoms. The number of hydrogen-bond donors (Lipinski definition) is 3. The van der Waals surface area contributed by atoms with Crippen molar-refractivity contribution in [3.05, 3.63) is 12.3 Å². The van der Waals surface area contributed by atoms with Crippen molar-refractivity contribution in [2.24, 2.45) is 23.4 Å². The van der Waals surface area contributed by atoms with Crippen molar-refractivity contribution in [2.75, 3.05) is 11.9 Å². The molecule has 0 saturated heterocycles. The van der Waals surface area contributed by atoms with Crippen LogP contribution in [0.25, 0.3) is 0 Å². The molecule has 0 unspecified atom stereocenters. The largest absolute Gasteiger partial charge is 0.409 e. The Balaban J connectivity index is 2.29. The van der Waals surface area contributed by atoms with Crippen molar-refractivity contribution in [1.82, 2.24) is 9.78 Å². The molecule has 0 radical (unpaired) electrons. The van der Waals surface area contributed by atoms with E-state index in [0.29, 0.717) is 0 Å². The van der Waals surface area contributed by atoms with Gasteiger partial charge in [0.2, 0.25) is 0 Å². The van der Waals surface area contributed by atoms with Gasteiger partial charge in [0.25, 0.3) is 0 Å². The Morgan fingerprint density at radius 3 is 2.88 bits per heavy atom. The zero-order chi connectivity index (χ0) is 12.9. The summed E-state index contributed by atoms with van der Waals surface area (Å²) in [6.45, 7) is 4.74. The molecule has 0 amide bonds. The van der Waals surface area contributed by atoms with Crippen LogP contribution in [-0.2, 0) is 7.05 Å². The van der Waals surface area contributed by atoms with Crippen molar-refractivity contribution < 1.29 is 5.21 Å². The normalized spacial score (nSPS) is 12.8. The Kier molecular flexibility index (Phi) is 4.37. The lowest BCUT2D eigenvalue weighted by Crippen LogP contribution is -2.32. The molecular formula is C11H21N5O. The standard InChI is InChI=1S/C11H21N5O/c1-11(2,10(12)15-17)6-4-7-13-9-5-8-16(3)14-9/h5,8,17H,4,6-7H2,1-3H3,(H2,12,15)(H,13,14). The number of oxime groups is 1. The number of aryl methyl sites for hydroxylation is 1. The summed E-state index contributed by atoms with van der Waals surface area (Å²) in [6, 6.07) is 1.93. The van der Waals surface area contributed by atoms with Crippen molar-refractivity contribution in [3.8, 4) is 0 Å².